The number of hydrogen-bond donors (Lipinski definition) is 2. The quantitative estimate of drug-likeness (QED) is 0.659. The molecule has 0 aliphatic heterocycles. The molecule has 3 N–H and O–H groups in total. The molecule has 0 fully saturated rings. The molecule has 0 radical (unpaired) electrons. The van der Waals surface area contributed by atoms with E-state index in [0.717, 1.165) is 23.4 Å². The second-order valence-electron chi connectivity index (χ2n) is 4.63. The third kappa shape index (κ3) is 2.99. The fourth-order valence-electron chi connectivity index (χ4n) is 2.25. The molecule has 6 heteroatoms. The molecule has 1 aromatic carbocycles. The molecule has 0 aliphatic carbocycles. The maximum Gasteiger partial charge on any atom is 0.0850 e. The van der Waals surface area contributed by atoms with Gasteiger partial charge < -0.3 is 0 Å². The van der Waals surface area contributed by atoms with Crippen LogP contribution in [0.4, 0.5) is 0 Å². The first-order valence-corrected chi connectivity index (χ1v) is 7.24. The lowest BCUT2D eigenvalue weighted by Gasteiger charge is -2.18. The summed E-state index contributed by atoms with van der Waals surface area (Å²) < 4.78 is 1.81. The van der Waals surface area contributed by atoms with E-state index in [0.29, 0.717) is 16.5 Å². The molecule has 20 heavy (non-hydrogen) atoms. The van der Waals surface area contributed by atoms with E-state index in [4.69, 9.17) is 29.0 Å². The van der Waals surface area contributed by atoms with Crippen LogP contribution in [0.15, 0.2) is 24.3 Å². The van der Waals surface area contributed by atoms with Gasteiger partial charge in [0.15, 0.2) is 0 Å². The van der Waals surface area contributed by atoms with Crippen LogP contribution < -0.4 is 11.3 Å². The highest BCUT2D eigenvalue weighted by Gasteiger charge is 2.20. The van der Waals surface area contributed by atoms with Crippen molar-refractivity contribution in [1.29, 1.82) is 0 Å². The summed E-state index contributed by atoms with van der Waals surface area (Å²) in [5.74, 6) is 5.68. The summed E-state index contributed by atoms with van der Waals surface area (Å²) >= 11 is 12.6. The van der Waals surface area contributed by atoms with E-state index >= 15 is 0 Å². The first-order chi connectivity index (χ1) is 9.58. The van der Waals surface area contributed by atoms with E-state index < -0.39 is 0 Å². The Bertz CT molecular complexity index is 595. The number of nitrogens with two attached hydrogens (primary N) is 1. The monoisotopic (exact) mass is 312 g/mol. The Kier molecular flexibility index (Phi) is 5.05. The molecular formula is C14H18Cl2N4. The van der Waals surface area contributed by atoms with Crippen molar-refractivity contribution in [3.63, 3.8) is 0 Å². The van der Waals surface area contributed by atoms with Gasteiger partial charge >= 0.3 is 0 Å². The number of nitrogens with one attached hydrogen (secondary N) is 1. The molecule has 108 valence electrons. The minimum absolute atomic E-state index is 0.110. The highest BCUT2D eigenvalue weighted by molar-refractivity contribution is 6.32. The molecule has 2 aromatic rings. The zero-order valence-electron chi connectivity index (χ0n) is 11.5. The largest absolute Gasteiger partial charge is 0.271 e. The van der Waals surface area contributed by atoms with Gasteiger partial charge in [-0.3, -0.25) is 16.0 Å². The molecule has 0 aliphatic rings. The second-order valence-corrected chi connectivity index (χ2v) is 5.41. The molecule has 1 aromatic heterocycles. The van der Waals surface area contributed by atoms with Crippen molar-refractivity contribution in [3.8, 4) is 0 Å². The molecule has 2 rings (SSSR count). The van der Waals surface area contributed by atoms with Gasteiger partial charge in [0.2, 0.25) is 0 Å². The Morgan fingerprint density at radius 3 is 2.60 bits per heavy atom. The van der Waals surface area contributed by atoms with Crippen LogP contribution in [-0.4, -0.2) is 9.78 Å². The molecule has 1 unspecified atom stereocenters. The highest BCUT2D eigenvalue weighted by atomic mass is 35.5. The standard InChI is InChI=1S/C14H18Cl2N4/c1-3-11-14(16)13(20(2)19-11)8-12(18-17)9-6-4-5-7-10(9)15/h4-7,12,18H,3,8,17H2,1-2H3. The summed E-state index contributed by atoms with van der Waals surface area (Å²) in [7, 11) is 1.89. The number of aromatic nitrogens is 2. The van der Waals surface area contributed by atoms with Crippen LogP contribution in [0.3, 0.4) is 0 Å². The minimum atomic E-state index is -0.110. The molecular weight excluding hydrogens is 295 g/mol. The van der Waals surface area contributed by atoms with Crippen LogP contribution in [0.5, 0.6) is 0 Å². The van der Waals surface area contributed by atoms with Crippen molar-refractivity contribution in [2.45, 2.75) is 25.8 Å². The van der Waals surface area contributed by atoms with Crippen molar-refractivity contribution in [3.05, 3.63) is 51.3 Å². The van der Waals surface area contributed by atoms with Crippen LogP contribution in [0.1, 0.15) is 29.9 Å². The van der Waals surface area contributed by atoms with Crippen molar-refractivity contribution in [2.75, 3.05) is 0 Å². The lowest BCUT2D eigenvalue weighted by atomic mass is 10.0. The Balaban J connectivity index is 2.32. The van der Waals surface area contributed by atoms with Crippen molar-refractivity contribution < 1.29 is 0 Å². The van der Waals surface area contributed by atoms with E-state index in [1.165, 1.54) is 0 Å². The lowest BCUT2D eigenvalue weighted by molar-refractivity contribution is 0.530. The van der Waals surface area contributed by atoms with E-state index in [1.54, 1.807) is 0 Å². The summed E-state index contributed by atoms with van der Waals surface area (Å²) in [6, 6.07) is 7.53. The smallest absolute Gasteiger partial charge is 0.0850 e. The first kappa shape index (κ1) is 15.3. The fraction of sp³-hybridized carbons (Fsp3) is 0.357. The van der Waals surface area contributed by atoms with Crippen LogP contribution in [0.2, 0.25) is 10.0 Å². The summed E-state index contributed by atoms with van der Waals surface area (Å²) in [5, 5.41) is 5.81. The third-order valence-corrected chi connectivity index (χ3v) is 4.16. The number of benzene rings is 1. The van der Waals surface area contributed by atoms with E-state index in [-0.39, 0.29) is 6.04 Å². The SMILES string of the molecule is CCc1nn(C)c(CC(NN)c2ccccc2Cl)c1Cl. The van der Waals surface area contributed by atoms with Crippen molar-refractivity contribution in [2.24, 2.45) is 12.9 Å². The Morgan fingerprint density at radius 2 is 2.05 bits per heavy atom. The predicted molar refractivity (Wildman–Crippen MR) is 82.8 cm³/mol. The molecule has 0 bridgehead atoms. The van der Waals surface area contributed by atoms with Gasteiger partial charge in [-0.05, 0) is 18.1 Å². The summed E-state index contributed by atoms with van der Waals surface area (Å²) in [6.07, 6.45) is 1.43. The number of halogens is 2. The van der Waals surface area contributed by atoms with Gasteiger partial charge in [-0.1, -0.05) is 48.3 Å². The summed E-state index contributed by atoms with van der Waals surface area (Å²) in [5.41, 5.74) is 5.61. The number of hydrazine groups is 1. The summed E-state index contributed by atoms with van der Waals surface area (Å²) in [6.45, 7) is 2.03. The molecule has 4 nitrogen and oxygen atoms in total. The van der Waals surface area contributed by atoms with Gasteiger partial charge in [-0.2, -0.15) is 5.10 Å². The molecule has 1 heterocycles. The molecule has 0 saturated carbocycles. The second kappa shape index (κ2) is 6.59. The van der Waals surface area contributed by atoms with Gasteiger partial charge in [-0.25, -0.2) is 0 Å². The van der Waals surface area contributed by atoms with Gasteiger partial charge in [0.1, 0.15) is 0 Å². The number of aryl methyl sites for hydroxylation is 2. The summed E-state index contributed by atoms with van der Waals surface area (Å²) in [4.78, 5) is 0. The zero-order chi connectivity index (χ0) is 14.7. The first-order valence-electron chi connectivity index (χ1n) is 6.49. The van der Waals surface area contributed by atoms with Crippen LogP contribution in [-0.2, 0) is 19.9 Å². The minimum Gasteiger partial charge on any atom is -0.271 e. The maximum atomic E-state index is 6.37. The van der Waals surface area contributed by atoms with Crippen LogP contribution in [0.25, 0.3) is 0 Å². The number of nitrogens with zero attached hydrogens (tertiary/aromatic N) is 2. The number of hydrogen-bond acceptors (Lipinski definition) is 3. The van der Waals surface area contributed by atoms with Crippen LogP contribution in [0, 0.1) is 0 Å². The van der Waals surface area contributed by atoms with Crippen molar-refractivity contribution in [1.82, 2.24) is 15.2 Å². The average Bonchev–Trinajstić information content (AvgIpc) is 2.72. The van der Waals surface area contributed by atoms with Gasteiger partial charge in [0.05, 0.1) is 22.5 Å². The van der Waals surface area contributed by atoms with E-state index in [9.17, 15) is 0 Å². The van der Waals surface area contributed by atoms with Gasteiger partial charge in [0.25, 0.3) is 0 Å². The Hall–Kier alpha value is -1.07. The maximum absolute atomic E-state index is 6.37. The van der Waals surface area contributed by atoms with E-state index in [1.807, 2.05) is 42.9 Å². The van der Waals surface area contributed by atoms with Gasteiger partial charge in [0, 0.05) is 18.5 Å². The van der Waals surface area contributed by atoms with E-state index in [2.05, 4.69) is 10.5 Å². The Labute approximate surface area is 128 Å². The molecule has 0 amide bonds. The highest BCUT2D eigenvalue weighted by Crippen LogP contribution is 2.29. The topological polar surface area (TPSA) is 55.9 Å². The van der Waals surface area contributed by atoms with Gasteiger partial charge in [-0.15, -0.1) is 0 Å². The third-order valence-electron chi connectivity index (χ3n) is 3.38. The Morgan fingerprint density at radius 1 is 1.35 bits per heavy atom. The molecule has 1 atom stereocenters. The fourth-order valence-corrected chi connectivity index (χ4v) is 2.89. The average molecular weight is 313 g/mol. The van der Waals surface area contributed by atoms with Crippen LogP contribution >= 0.6 is 23.2 Å². The predicted octanol–water partition coefficient (Wildman–Crippen LogP) is 3.04. The zero-order valence-corrected chi connectivity index (χ0v) is 13.0. The molecule has 0 saturated heterocycles. The normalized spacial score (nSPS) is 12.7. The van der Waals surface area contributed by atoms with Crippen molar-refractivity contribution >= 4 is 23.2 Å². The lowest BCUT2D eigenvalue weighted by Crippen LogP contribution is -2.30. The number of rotatable bonds is 5. The molecule has 0 spiro atoms.